The molecule has 2 aliphatic heterocycles. The molecule has 2 aromatic carbocycles. The van der Waals surface area contributed by atoms with Crippen LogP contribution < -0.4 is 19.7 Å². The third-order valence-corrected chi connectivity index (χ3v) is 6.77. The van der Waals surface area contributed by atoms with E-state index in [1.807, 2.05) is 18.5 Å². The van der Waals surface area contributed by atoms with E-state index in [0.717, 1.165) is 67.2 Å². The Morgan fingerprint density at radius 3 is 2.53 bits per heavy atom. The molecule has 0 radical (unpaired) electrons. The van der Waals surface area contributed by atoms with Gasteiger partial charge in [0.1, 0.15) is 0 Å². The van der Waals surface area contributed by atoms with Crippen LogP contribution >= 0.6 is 0 Å². The molecule has 4 heterocycles. The van der Waals surface area contributed by atoms with Crippen LogP contribution in [0.5, 0.6) is 11.5 Å². The molecule has 9 nitrogen and oxygen atoms in total. The molecular weight excluding hydrogens is 454 g/mol. The monoisotopic (exact) mass is 485 g/mol. The first-order chi connectivity index (χ1) is 17.6. The highest BCUT2D eigenvalue weighted by molar-refractivity contribution is 5.84. The van der Waals surface area contributed by atoms with E-state index >= 15 is 0 Å². The number of piperazine rings is 1. The van der Waals surface area contributed by atoms with Crippen molar-refractivity contribution in [3.8, 4) is 11.5 Å². The number of benzene rings is 2. The number of nitrogens with zero attached hydrogens (tertiary/aromatic N) is 6. The Kier molecular flexibility index (Phi) is 6.06. The van der Waals surface area contributed by atoms with Gasteiger partial charge in [-0.05, 0) is 37.1 Å². The van der Waals surface area contributed by atoms with Gasteiger partial charge in [-0.2, -0.15) is 9.97 Å². The van der Waals surface area contributed by atoms with Crippen molar-refractivity contribution in [2.75, 3.05) is 43.2 Å². The second-order valence-corrected chi connectivity index (χ2v) is 9.58. The number of imidazole rings is 1. The first-order valence-corrected chi connectivity index (χ1v) is 12.5. The lowest BCUT2D eigenvalue weighted by atomic mass is 10.1. The first kappa shape index (κ1) is 22.6. The summed E-state index contributed by atoms with van der Waals surface area (Å²) >= 11 is 0. The van der Waals surface area contributed by atoms with Crippen LogP contribution in [0, 0.1) is 0 Å². The van der Waals surface area contributed by atoms with Crippen LogP contribution in [0.25, 0.3) is 11.2 Å². The van der Waals surface area contributed by atoms with Crippen LogP contribution in [-0.2, 0) is 13.1 Å². The van der Waals surface area contributed by atoms with Gasteiger partial charge in [0.05, 0.1) is 6.33 Å². The minimum atomic E-state index is 0.262. The zero-order valence-corrected chi connectivity index (χ0v) is 20.7. The van der Waals surface area contributed by atoms with E-state index in [-0.39, 0.29) is 6.04 Å². The highest BCUT2D eigenvalue weighted by Crippen LogP contribution is 2.33. The number of ether oxygens (including phenoxy) is 2. The standard InChI is InChI=1S/C27H31N7O2/c1-19(2)34-17-29-24-25(28-15-20-6-4-3-5-7-20)30-27(31-26(24)34)33-12-10-32(11-13-33)16-21-8-9-22-23(14-21)36-18-35-22/h3-9,14,17,19H,10-13,15-16,18H2,1-2H3,(H,28,30,31). The van der Waals surface area contributed by atoms with E-state index in [4.69, 9.17) is 19.4 Å². The van der Waals surface area contributed by atoms with E-state index in [9.17, 15) is 0 Å². The van der Waals surface area contributed by atoms with Crippen molar-refractivity contribution in [2.45, 2.75) is 33.0 Å². The molecule has 6 rings (SSSR count). The molecule has 4 aromatic rings. The Balaban J connectivity index is 1.19. The number of anilines is 2. The second-order valence-electron chi connectivity index (χ2n) is 9.58. The van der Waals surface area contributed by atoms with Gasteiger partial charge in [0.25, 0.3) is 0 Å². The molecule has 0 unspecified atom stereocenters. The molecule has 2 aliphatic rings. The summed E-state index contributed by atoms with van der Waals surface area (Å²) in [5.74, 6) is 3.20. The number of rotatable bonds is 7. The van der Waals surface area contributed by atoms with Crippen molar-refractivity contribution >= 4 is 22.9 Å². The van der Waals surface area contributed by atoms with Crippen molar-refractivity contribution in [3.05, 3.63) is 66.0 Å². The number of hydrogen-bond donors (Lipinski definition) is 1. The van der Waals surface area contributed by atoms with Crippen molar-refractivity contribution in [1.29, 1.82) is 0 Å². The van der Waals surface area contributed by atoms with E-state index in [1.165, 1.54) is 11.1 Å². The van der Waals surface area contributed by atoms with Crippen LogP contribution in [0.15, 0.2) is 54.9 Å². The van der Waals surface area contributed by atoms with Gasteiger partial charge in [0.15, 0.2) is 28.5 Å². The molecule has 1 N–H and O–H groups in total. The predicted molar refractivity (Wildman–Crippen MR) is 140 cm³/mol. The Morgan fingerprint density at radius 2 is 1.72 bits per heavy atom. The minimum Gasteiger partial charge on any atom is -0.454 e. The average Bonchev–Trinajstić information content (AvgIpc) is 3.55. The van der Waals surface area contributed by atoms with Crippen molar-refractivity contribution in [1.82, 2.24) is 24.4 Å². The molecule has 0 spiro atoms. The summed E-state index contributed by atoms with van der Waals surface area (Å²) in [5.41, 5.74) is 4.11. The quantitative estimate of drug-likeness (QED) is 0.420. The highest BCUT2D eigenvalue weighted by atomic mass is 16.7. The maximum Gasteiger partial charge on any atom is 0.231 e. The summed E-state index contributed by atoms with van der Waals surface area (Å²) < 4.78 is 13.1. The van der Waals surface area contributed by atoms with Gasteiger partial charge in [-0.25, -0.2) is 4.98 Å². The Bertz CT molecular complexity index is 1350. The molecule has 1 fully saturated rings. The van der Waals surface area contributed by atoms with Gasteiger partial charge in [0, 0.05) is 45.3 Å². The fraction of sp³-hybridized carbons (Fsp3) is 0.370. The molecular formula is C27H31N7O2. The molecule has 1 saturated heterocycles. The van der Waals surface area contributed by atoms with Crippen LogP contribution in [0.2, 0.25) is 0 Å². The zero-order valence-electron chi connectivity index (χ0n) is 20.7. The Labute approximate surface area is 210 Å². The normalized spacial score (nSPS) is 15.7. The molecule has 0 bridgehead atoms. The van der Waals surface area contributed by atoms with Gasteiger partial charge >= 0.3 is 0 Å². The molecule has 36 heavy (non-hydrogen) atoms. The van der Waals surface area contributed by atoms with E-state index in [1.54, 1.807) is 0 Å². The summed E-state index contributed by atoms with van der Waals surface area (Å²) in [6.45, 7) is 9.77. The smallest absolute Gasteiger partial charge is 0.231 e. The van der Waals surface area contributed by atoms with Crippen LogP contribution in [-0.4, -0.2) is 57.4 Å². The number of hydrogen-bond acceptors (Lipinski definition) is 8. The van der Waals surface area contributed by atoms with Crippen LogP contribution in [0.4, 0.5) is 11.8 Å². The Hall–Kier alpha value is -3.85. The van der Waals surface area contributed by atoms with Gasteiger partial charge < -0.3 is 24.3 Å². The molecule has 0 aliphatic carbocycles. The molecule has 9 heteroatoms. The topological polar surface area (TPSA) is 80.6 Å². The maximum atomic E-state index is 5.54. The largest absolute Gasteiger partial charge is 0.454 e. The van der Waals surface area contributed by atoms with Gasteiger partial charge in [-0.1, -0.05) is 36.4 Å². The summed E-state index contributed by atoms with van der Waals surface area (Å²) in [6, 6.07) is 16.8. The molecule has 0 amide bonds. The van der Waals surface area contributed by atoms with Gasteiger partial charge in [-0.15, -0.1) is 0 Å². The Morgan fingerprint density at radius 1 is 0.917 bits per heavy atom. The molecule has 186 valence electrons. The number of nitrogens with one attached hydrogen (secondary N) is 1. The maximum absolute atomic E-state index is 5.54. The SMILES string of the molecule is CC(C)n1cnc2c(NCc3ccccc3)nc(N3CCN(Cc4ccc5c(c4)OCO5)CC3)nc21. The van der Waals surface area contributed by atoms with E-state index < -0.39 is 0 Å². The third kappa shape index (κ3) is 4.54. The lowest BCUT2D eigenvalue weighted by molar-refractivity contribution is 0.174. The summed E-state index contributed by atoms with van der Waals surface area (Å²) in [6.07, 6.45) is 1.87. The first-order valence-electron chi connectivity index (χ1n) is 12.5. The van der Waals surface area contributed by atoms with Crippen LogP contribution in [0.3, 0.4) is 0 Å². The lowest BCUT2D eigenvalue weighted by Crippen LogP contribution is -2.46. The molecule has 2 aromatic heterocycles. The van der Waals surface area contributed by atoms with Crippen molar-refractivity contribution in [3.63, 3.8) is 0 Å². The fourth-order valence-corrected chi connectivity index (χ4v) is 4.73. The van der Waals surface area contributed by atoms with Crippen molar-refractivity contribution in [2.24, 2.45) is 0 Å². The van der Waals surface area contributed by atoms with E-state index in [2.05, 4.69) is 74.9 Å². The number of fused-ring (bicyclic) bond motifs is 2. The summed E-state index contributed by atoms with van der Waals surface area (Å²) in [7, 11) is 0. The molecule has 0 saturated carbocycles. The predicted octanol–water partition coefficient (Wildman–Crippen LogP) is 4.07. The molecule has 0 atom stereocenters. The van der Waals surface area contributed by atoms with E-state index in [0.29, 0.717) is 13.3 Å². The van der Waals surface area contributed by atoms with Crippen LogP contribution in [0.1, 0.15) is 31.0 Å². The summed E-state index contributed by atoms with van der Waals surface area (Å²) in [4.78, 5) is 19.3. The number of aromatic nitrogens is 4. The zero-order chi connectivity index (χ0) is 24.5. The minimum absolute atomic E-state index is 0.262. The van der Waals surface area contributed by atoms with Gasteiger partial charge in [-0.3, -0.25) is 4.90 Å². The van der Waals surface area contributed by atoms with Crippen molar-refractivity contribution < 1.29 is 9.47 Å². The lowest BCUT2D eigenvalue weighted by Gasteiger charge is -2.35. The fourth-order valence-electron chi connectivity index (χ4n) is 4.73. The average molecular weight is 486 g/mol. The van der Waals surface area contributed by atoms with Gasteiger partial charge in [0.2, 0.25) is 12.7 Å². The highest BCUT2D eigenvalue weighted by Gasteiger charge is 2.23. The third-order valence-electron chi connectivity index (χ3n) is 6.77. The second kappa shape index (κ2) is 9.66. The summed E-state index contributed by atoms with van der Waals surface area (Å²) in [5, 5.41) is 3.51.